The monoisotopic (exact) mass is 368 g/mol. The molecule has 5 heteroatoms. The van der Waals surface area contributed by atoms with Gasteiger partial charge in [0.05, 0.1) is 0 Å². The van der Waals surface area contributed by atoms with Crippen LogP contribution in [0, 0.1) is 0 Å². The molecule has 0 aliphatic carbocycles. The molecule has 2 N–H and O–H groups in total. The molecule has 0 bridgehead atoms. The number of aromatic hydroxyl groups is 1. The van der Waals surface area contributed by atoms with E-state index in [1.807, 2.05) is 41.3 Å². The number of rotatable bonds is 8. The van der Waals surface area contributed by atoms with Gasteiger partial charge in [-0.1, -0.05) is 37.3 Å². The molecular formula is C22H28N2O3. The number of phenolic OH excluding ortho intramolecular Hbond substituents is 1. The molecule has 27 heavy (non-hydrogen) atoms. The number of benzene rings is 2. The summed E-state index contributed by atoms with van der Waals surface area (Å²) in [5, 5.41) is 13.2. The zero-order chi connectivity index (χ0) is 19.1. The van der Waals surface area contributed by atoms with Crippen molar-refractivity contribution in [3.8, 4) is 11.5 Å². The van der Waals surface area contributed by atoms with Crippen LogP contribution >= 0.6 is 0 Å². The van der Waals surface area contributed by atoms with E-state index in [1.54, 1.807) is 12.1 Å². The van der Waals surface area contributed by atoms with Crippen LogP contribution in [0.2, 0.25) is 0 Å². The molecule has 2 aromatic rings. The number of para-hydroxylation sites is 1. The Kier molecular flexibility index (Phi) is 6.71. The molecule has 1 aliphatic heterocycles. The molecule has 1 aliphatic rings. The fraction of sp³-hybridized carbons (Fsp3) is 0.409. The van der Waals surface area contributed by atoms with Crippen LogP contribution in [0.5, 0.6) is 11.5 Å². The second-order valence-corrected chi connectivity index (χ2v) is 6.93. The van der Waals surface area contributed by atoms with E-state index >= 15 is 0 Å². The van der Waals surface area contributed by atoms with Gasteiger partial charge in [0.2, 0.25) is 0 Å². The third kappa shape index (κ3) is 5.23. The van der Waals surface area contributed by atoms with Crippen molar-refractivity contribution in [2.24, 2.45) is 0 Å². The molecule has 5 nitrogen and oxygen atoms in total. The Morgan fingerprint density at radius 2 is 1.96 bits per heavy atom. The number of nitrogens with zero attached hydrogens (tertiary/aromatic N) is 1. The summed E-state index contributed by atoms with van der Waals surface area (Å²) in [6.45, 7) is 4.53. The maximum atomic E-state index is 12.3. The van der Waals surface area contributed by atoms with Gasteiger partial charge in [0, 0.05) is 31.2 Å². The van der Waals surface area contributed by atoms with E-state index in [9.17, 15) is 9.90 Å². The standard InChI is InChI=1S/C22H28N2O3/c1-2-20(23-15-17-8-7-9-18(25)14-17)19-10-3-4-11-21(19)27-16-22(26)24-12-5-6-13-24/h3-4,7-11,14,20,23,25H,2,5-6,12-13,15-16H2,1H3. The Bertz CT molecular complexity index is 757. The molecule has 0 spiro atoms. The minimum absolute atomic E-state index is 0.0584. The predicted molar refractivity (Wildman–Crippen MR) is 106 cm³/mol. The van der Waals surface area contributed by atoms with Gasteiger partial charge in [-0.25, -0.2) is 0 Å². The second-order valence-electron chi connectivity index (χ2n) is 6.93. The van der Waals surface area contributed by atoms with E-state index in [4.69, 9.17) is 4.74 Å². The number of phenols is 1. The van der Waals surface area contributed by atoms with E-state index in [0.717, 1.165) is 49.2 Å². The lowest BCUT2D eigenvalue weighted by Crippen LogP contribution is -2.32. The first-order valence-corrected chi connectivity index (χ1v) is 9.68. The van der Waals surface area contributed by atoms with Crippen molar-refractivity contribution in [1.29, 1.82) is 0 Å². The van der Waals surface area contributed by atoms with Crippen molar-refractivity contribution >= 4 is 5.91 Å². The van der Waals surface area contributed by atoms with E-state index in [-0.39, 0.29) is 24.3 Å². The van der Waals surface area contributed by atoms with Gasteiger partial charge in [0.1, 0.15) is 11.5 Å². The van der Waals surface area contributed by atoms with Crippen molar-refractivity contribution < 1.29 is 14.6 Å². The Hall–Kier alpha value is -2.53. The summed E-state index contributed by atoms with van der Waals surface area (Å²) in [7, 11) is 0. The molecular weight excluding hydrogens is 340 g/mol. The number of amides is 1. The first-order valence-electron chi connectivity index (χ1n) is 9.68. The van der Waals surface area contributed by atoms with Crippen LogP contribution < -0.4 is 10.1 Å². The number of carbonyl (C=O) groups is 1. The van der Waals surface area contributed by atoms with Gasteiger partial charge < -0.3 is 20.1 Å². The average Bonchev–Trinajstić information content (AvgIpc) is 3.22. The van der Waals surface area contributed by atoms with Crippen molar-refractivity contribution in [2.45, 2.75) is 38.8 Å². The third-order valence-electron chi connectivity index (χ3n) is 4.98. The van der Waals surface area contributed by atoms with Crippen molar-refractivity contribution in [3.05, 3.63) is 59.7 Å². The highest BCUT2D eigenvalue weighted by Crippen LogP contribution is 2.28. The highest BCUT2D eigenvalue weighted by atomic mass is 16.5. The first kappa shape index (κ1) is 19.2. The van der Waals surface area contributed by atoms with Crippen molar-refractivity contribution in [3.63, 3.8) is 0 Å². The molecule has 2 aromatic carbocycles. The largest absolute Gasteiger partial charge is 0.508 e. The fourth-order valence-electron chi connectivity index (χ4n) is 3.48. The maximum absolute atomic E-state index is 12.3. The number of hydrogen-bond acceptors (Lipinski definition) is 4. The molecule has 1 fully saturated rings. The first-order chi connectivity index (χ1) is 13.2. The molecule has 0 aromatic heterocycles. The van der Waals surface area contributed by atoms with Crippen LogP contribution in [0.15, 0.2) is 48.5 Å². The zero-order valence-electron chi connectivity index (χ0n) is 15.9. The van der Waals surface area contributed by atoms with Gasteiger partial charge in [-0.3, -0.25) is 4.79 Å². The second kappa shape index (κ2) is 9.42. The lowest BCUT2D eigenvalue weighted by Gasteiger charge is -2.22. The summed E-state index contributed by atoms with van der Waals surface area (Å²) in [5.74, 6) is 1.08. The predicted octanol–water partition coefficient (Wildman–Crippen LogP) is 3.63. The molecule has 1 unspecified atom stereocenters. The van der Waals surface area contributed by atoms with E-state index in [0.29, 0.717) is 6.54 Å². The van der Waals surface area contributed by atoms with Crippen LogP contribution in [-0.4, -0.2) is 35.6 Å². The Morgan fingerprint density at radius 1 is 1.19 bits per heavy atom. The van der Waals surface area contributed by atoms with Crippen molar-refractivity contribution in [1.82, 2.24) is 10.2 Å². The normalized spacial score (nSPS) is 14.9. The molecule has 3 rings (SSSR count). The highest BCUT2D eigenvalue weighted by molar-refractivity contribution is 5.78. The number of nitrogens with one attached hydrogen (secondary N) is 1. The highest BCUT2D eigenvalue weighted by Gasteiger charge is 2.20. The summed E-state index contributed by atoms with van der Waals surface area (Å²) in [6.07, 6.45) is 3.05. The van der Waals surface area contributed by atoms with E-state index < -0.39 is 0 Å². The molecule has 1 atom stereocenters. The fourth-order valence-corrected chi connectivity index (χ4v) is 3.48. The van der Waals surface area contributed by atoms with Gasteiger partial charge in [0.15, 0.2) is 6.61 Å². The number of likely N-dealkylation sites (tertiary alicyclic amines) is 1. The van der Waals surface area contributed by atoms with Crippen LogP contribution in [0.4, 0.5) is 0 Å². The molecule has 1 heterocycles. The van der Waals surface area contributed by atoms with Crippen molar-refractivity contribution in [2.75, 3.05) is 19.7 Å². The number of ether oxygens (including phenoxy) is 1. The Morgan fingerprint density at radius 3 is 2.70 bits per heavy atom. The summed E-state index contributed by atoms with van der Waals surface area (Å²) >= 11 is 0. The van der Waals surface area contributed by atoms with Crippen LogP contribution in [0.25, 0.3) is 0 Å². The van der Waals surface area contributed by atoms with Crippen LogP contribution in [0.1, 0.15) is 43.4 Å². The van der Waals surface area contributed by atoms with Crippen LogP contribution in [-0.2, 0) is 11.3 Å². The van der Waals surface area contributed by atoms with E-state index in [2.05, 4.69) is 12.2 Å². The lowest BCUT2D eigenvalue weighted by atomic mass is 10.0. The lowest BCUT2D eigenvalue weighted by molar-refractivity contribution is -0.132. The Labute approximate surface area is 161 Å². The zero-order valence-corrected chi connectivity index (χ0v) is 15.9. The maximum Gasteiger partial charge on any atom is 0.260 e. The van der Waals surface area contributed by atoms with E-state index in [1.165, 1.54) is 0 Å². The van der Waals surface area contributed by atoms with Crippen LogP contribution in [0.3, 0.4) is 0 Å². The molecule has 1 amide bonds. The smallest absolute Gasteiger partial charge is 0.260 e. The minimum atomic E-state index is 0.0584. The van der Waals surface area contributed by atoms with Gasteiger partial charge in [-0.05, 0) is 43.0 Å². The minimum Gasteiger partial charge on any atom is -0.508 e. The topological polar surface area (TPSA) is 61.8 Å². The average molecular weight is 368 g/mol. The summed E-state index contributed by atoms with van der Waals surface area (Å²) in [5.41, 5.74) is 2.07. The van der Waals surface area contributed by atoms with Gasteiger partial charge >= 0.3 is 0 Å². The summed E-state index contributed by atoms with van der Waals surface area (Å²) in [6, 6.07) is 15.2. The Balaban J connectivity index is 1.64. The number of hydrogen-bond donors (Lipinski definition) is 2. The third-order valence-corrected chi connectivity index (χ3v) is 4.98. The molecule has 0 radical (unpaired) electrons. The SMILES string of the molecule is CCC(NCc1cccc(O)c1)c1ccccc1OCC(=O)N1CCCC1. The van der Waals surface area contributed by atoms with Gasteiger partial charge in [-0.15, -0.1) is 0 Å². The van der Waals surface area contributed by atoms with Gasteiger partial charge in [0.25, 0.3) is 5.91 Å². The van der Waals surface area contributed by atoms with Gasteiger partial charge in [-0.2, -0.15) is 0 Å². The summed E-state index contributed by atoms with van der Waals surface area (Å²) < 4.78 is 5.89. The molecule has 144 valence electrons. The molecule has 1 saturated heterocycles. The number of carbonyl (C=O) groups excluding carboxylic acids is 1. The molecule has 0 saturated carbocycles. The quantitative estimate of drug-likeness (QED) is 0.747. The summed E-state index contributed by atoms with van der Waals surface area (Å²) in [4.78, 5) is 14.1.